The molecule has 2 aromatic carbocycles. The molecule has 0 radical (unpaired) electrons. The summed E-state index contributed by atoms with van der Waals surface area (Å²) in [5, 5.41) is 18.7. The molecule has 0 aromatic heterocycles. The van der Waals surface area contributed by atoms with Gasteiger partial charge in [-0.05, 0) is 47.5 Å². The van der Waals surface area contributed by atoms with Crippen molar-refractivity contribution in [3.8, 4) is 17.2 Å². The molecule has 8 nitrogen and oxygen atoms in total. The van der Waals surface area contributed by atoms with E-state index < -0.39 is 5.97 Å². The van der Waals surface area contributed by atoms with Crippen molar-refractivity contribution in [2.45, 2.75) is 13.0 Å². The van der Waals surface area contributed by atoms with Crippen LogP contribution < -0.4 is 9.47 Å². The Morgan fingerprint density at radius 1 is 0.906 bits per heavy atom. The minimum atomic E-state index is -0.528. The largest absolute Gasteiger partial charge is 0.508 e. The van der Waals surface area contributed by atoms with Gasteiger partial charge in [-0.1, -0.05) is 24.3 Å². The number of aliphatic hydroxyl groups is 1. The average Bonchev–Trinajstić information content (AvgIpc) is 2.80. The Bertz CT molecular complexity index is 1040. The van der Waals surface area contributed by atoms with Crippen molar-refractivity contribution in [3.05, 3.63) is 65.2 Å². The molecule has 0 aliphatic heterocycles. The van der Waals surface area contributed by atoms with Crippen molar-refractivity contribution in [1.29, 1.82) is 0 Å². The second-order valence-corrected chi connectivity index (χ2v) is 6.60. The summed E-state index contributed by atoms with van der Waals surface area (Å²) in [7, 11) is 2.70. The number of phenols is 1. The molecule has 2 rings (SSSR count). The van der Waals surface area contributed by atoms with Gasteiger partial charge in [0.15, 0.2) is 29.7 Å². The molecule has 0 saturated heterocycles. The summed E-state index contributed by atoms with van der Waals surface area (Å²) < 4.78 is 15.1. The highest BCUT2D eigenvalue weighted by Gasteiger charge is 2.09. The average molecular weight is 440 g/mol. The highest BCUT2D eigenvalue weighted by molar-refractivity contribution is 6.10. The second kappa shape index (κ2) is 12.1. The molecule has 0 aliphatic carbocycles. The molecular formula is C24H24O8. The Labute approximate surface area is 185 Å². The monoisotopic (exact) mass is 440 g/mol. The third kappa shape index (κ3) is 7.41. The molecule has 8 heteroatoms. The number of rotatable bonds is 11. The fourth-order valence-corrected chi connectivity index (χ4v) is 2.61. The summed E-state index contributed by atoms with van der Waals surface area (Å²) in [6, 6.07) is 9.45. The van der Waals surface area contributed by atoms with E-state index in [1.807, 2.05) is 0 Å². The lowest BCUT2D eigenvalue weighted by molar-refractivity contribution is -0.143. The molecular weight excluding hydrogens is 416 g/mol. The van der Waals surface area contributed by atoms with Crippen LogP contribution in [0.4, 0.5) is 0 Å². The summed E-state index contributed by atoms with van der Waals surface area (Å²) in [6.07, 6.45) is 5.31. The number of carbonyl (C=O) groups excluding carboxylic acids is 3. The quantitative estimate of drug-likeness (QED) is 0.311. The summed E-state index contributed by atoms with van der Waals surface area (Å²) in [5.74, 6) is -0.608. The van der Waals surface area contributed by atoms with Gasteiger partial charge in [-0.15, -0.1) is 0 Å². The van der Waals surface area contributed by atoms with Gasteiger partial charge < -0.3 is 24.4 Å². The summed E-state index contributed by atoms with van der Waals surface area (Å²) in [5.41, 5.74) is 1.60. The van der Waals surface area contributed by atoms with Gasteiger partial charge in [0.2, 0.25) is 0 Å². The number of allylic oxidation sites excluding steroid dienone is 2. The maximum Gasteiger partial charge on any atom is 0.343 e. The van der Waals surface area contributed by atoms with Gasteiger partial charge in [0.25, 0.3) is 0 Å². The van der Waals surface area contributed by atoms with Crippen LogP contribution in [0.15, 0.2) is 48.6 Å². The van der Waals surface area contributed by atoms with Gasteiger partial charge in [0, 0.05) is 5.56 Å². The van der Waals surface area contributed by atoms with Crippen LogP contribution in [0.25, 0.3) is 12.2 Å². The van der Waals surface area contributed by atoms with Crippen LogP contribution in [0.2, 0.25) is 0 Å². The Hall–Kier alpha value is -3.91. The smallest absolute Gasteiger partial charge is 0.343 e. The van der Waals surface area contributed by atoms with Crippen molar-refractivity contribution in [2.24, 2.45) is 0 Å². The maximum atomic E-state index is 12.1. The van der Waals surface area contributed by atoms with Crippen molar-refractivity contribution < 1.29 is 38.8 Å². The molecule has 0 unspecified atom stereocenters. The Morgan fingerprint density at radius 2 is 1.53 bits per heavy atom. The lowest BCUT2D eigenvalue weighted by atomic mass is 10.1. The van der Waals surface area contributed by atoms with E-state index in [0.29, 0.717) is 28.2 Å². The first-order valence-electron chi connectivity index (χ1n) is 9.58. The number of ether oxygens (including phenoxy) is 3. The molecule has 32 heavy (non-hydrogen) atoms. The van der Waals surface area contributed by atoms with Gasteiger partial charge in [0.05, 0.1) is 27.2 Å². The van der Waals surface area contributed by atoms with E-state index in [4.69, 9.17) is 14.6 Å². The van der Waals surface area contributed by atoms with Crippen molar-refractivity contribution in [1.82, 2.24) is 0 Å². The third-order valence-corrected chi connectivity index (χ3v) is 4.31. The lowest BCUT2D eigenvalue weighted by Crippen LogP contribution is -2.12. The topological polar surface area (TPSA) is 119 Å². The van der Waals surface area contributed by atoms with E-state index in [-0.39, 0.29) is 37.0 Å². The molecule has 0 saturated carbocycles. The van der Waals surface area contributed by atoms with Gasteiger partial charge in [-0.25, -0.2) is 4.79 Å². The zero-order chi connectivity index (χ0) is 23.5. The zero-order valence-electron chi connectivity index (χ0n) is 17.7. The Kier molecular flexibility index (Phi) is 9.19. The first kappa shape index (κ1) is 24.4. The number of hydrogen-bond acceptors (Lipinski definition) is 8. The van der Waals surface area contributed by atoms with E-state index >= 15 is 0 Å². The fourth-order valence-electron chi connectivity index (χ4n) is 2.61. The highest BCUT2D eigenvalue weighted by atomic mass is 16.6. The number of methoxy groups -OCH3 is 2. The number of benzene rings is 2. The highest BCUT2D eigenvalue weighted by Crippen LogP contribution is 2.28. The van der Waals surface area contributed by atoms with Gasteiger partial charge in [0.1, 0.15) is 5.75 Å². The van der Waals surface area contributed by atoms with Gasteiger partial charge in [-0.3, -0.25) is 9.59 Å². The minimum Gasteiger partial charge on any atom is -0.508 e. The molecule has 0 bridgehead atoms. The number of esters is 1. The van der Waals surface area contributed by atoms with Gasteiger partial charge in [-0.2, -0.15) is 0 Å². The number of carbonyl (C=O) groups is 3. The molecule has 0 aliphatic rings. The summed E-state index contributed by atoms with van der Waals surface area (Å²) >= 11 is 0. The molecule has 0 spiro atoms. The van der Waals surface area contributed by atoms with E-state index in [2.05, 4.69) is 4.74 Å². The maximum absolute atomic E-state index is 12.1. The Balaban J connectivity index is 1.96. The molecule has 0 fully saturated rings. The van der Waals surface area contributed by atoms with Crippen molar-refractivity contribution >= 4 is 29.7 Å². The molecule has 0 amide bonds. The molecule has 0 heterocycles. The zero-order valence-corrected chi connectivity index (χ0v) is 17.7. The van der Waals surface area contributed by atoms with Crippen LogP contribution in [-0.4, -0.2) is 48.6 Å². The molecule has 168 valence electrons. The van der Waals surface area contributed by atoms with E-state index in [0.717, 1.165) is 0 Å². The fraction of sp³-hybridized carbons (Fsp3) is 0.208. The predicted octanol–water partition coefficient (Wildman–Crippen LogP) is 2.70. The van der Waals surface area contributed by atoms with Crippen molar-refractivity contribution in [2.75, 3.05) is 20.8 Å². The van der Waals surface area contributed by atoms with Crippen molar-refractivity contribution in [3.63, 3.8) is 0 Å². The number of ketones is 2. The third-order valence-electron chi connectivity index (χ3n) is 4.31. The molecule has 0 atom stereocenters. The standard InChI is InChI=1S/C24H24O8/c1-30-23-12-17(6-10-22(23)32-15-24(29)31-2)4-8-20(27)13-19(26)7-3-16-5-9-21(28)18(11-16)14-25/h3-12,25,28H,13-15H2,1-2H3. The van der Waals surface area contributed by atoms with Crippen LogP contribution in [0.1, 0.15) is 23.1 Å². The van der Waals surface area contributed by atoms with E-state index in [1.54, 1.807) is 36.4 Å². The van der Waals surface area contributed by atoms with Crippen LogP contribution in [-0.2, 0) is 25.7 Å². The van der Waals surface area contributed by atoms with Crippen LogP contribution in [0.5, 0.6) is 17.2 Å². The normalized spacial score (nSPS) is 11.0. The van der Waals surface area contributed by atoms with Gasteiger partial charge >= 0.3 is 5.97 Å². The SMILES string of the molecule is COC(=O)COc1ccc(C=CC(=O)CC(=O)C=Cc2ccc(O)c(CO)c2)cc1OC. The first-order valence-corrected chi connectivity index (χ1v) is 9.58. The number of aliphatic hydroxyl groups excluding tert-OH is 1. The van der Waals surface area contributed by atoms with E-state index in [1.165, 1.54) is 38.5 Å². The van der Waals surface area contributed by atoms with Crippen LogP contribution in [0, 0.1) is 0 Å². The Morgan fingerprint density at radius 3 is 2.12 bits per heavy atom. The minimum absolute atomic E-state index is 0.0315. The van der Waals surface area contributed by atoms with E-state index in [9.17, 15) is 19.5 Å². The first-order chi connectivity index (χ1) is 15.4. The predicted molar refractivity (Wildman–Crippen MR) is 117 cm³/mol. The summed E-state index contributed by atoms with van der Waals surface area (Å²) in [6.45, 7) is -0.588. The molecule has 2 N–H and O–H groups in total. The van der Waals surface area contributed by atoms with Crippen LogP contribution >= 0.6 is 0 Å². The number of hydrogen-bond donors (Lipinski definition) is 2. The number of aromatic hydroxyl groups is 1. The van der Waals surface area contributed by atoms with Crippen LogP contribution in [0.3, 0.4) is 0 Å². The second-order valence-electron chi connectivity index (χ2n) is 6.60. The lowest BCUT2D eigenvalue weighted by Gasteiger charge is -2.10. The summed E-state index contributed by atoms with van der Waals surface area (Å²) in [4.78, 5) is 35.3. The molecule has 2 aromatic rings.